The molecule has 2 aromatic rings. The maximum Gasteiger partial charge on any atom is 0.101 e. The fourth-order valence-electron chi connectivity index (χ4n) is 3.67. The van der Waals surface area contributed by atoms with Gasteiger partial charge in [-0.1, -0.05) is 61.9 Å². The van der Waals surface area contributed by atoms with Crippen LogP contribution in [0, 0.1) is 0 Å². The summed E-state index contributed by atoms with van der Waals surface area (Å²) in [6, 6.07) is 17.5. The van der Waals surface area contributed by atoms with E-state index in [1.54, 1.807) is 0 Å². The van der Waals surface area contributed by atoms with Crippen LogP contribution in [0.1, 0.15) is 56.1 Å². The third kappa shape index (κ3) is 3.40. The molecule has 3 rings (SSSR count). The predicted octanol–water partition coefficient (Wildman–Crippen LogP) is 6.30. The molecule has 2 aromatic carbocycles. The standard InChI is InChI=1S/C21H25F/c1-2-6-16-11-13-17(14-12-16)20-9-3-4-10-21(20)18-7-5-8-19(22)15-18/h3-4,9-14,18-19H,2,5-8,15H2,1H3. The van der Waals surface area contributed by atoms with Crippen LogP contribution in [-0.4, -0.2) is 6.17 Å². The monoisotopic (exact) mass is 296 g/mol. The summed E-state index contributed by atoms with van der Waals surface area (Å²) in [6.07, 6.45) is 5.24. The molecule has 0 saturated heterocycles. The lowest BCUT2D eigenvalue weighted by atomic mass is 9.80. The van der Waals surface area contributed by atoms with E-state index in [0.29, 0.717) is 12.3 Å². The van der Waals surface area contributed by atoms with Gasteiger partial charge in [0.25, 0.3) is 0 Å². The van der Waals surface area contributed by atoms with E-state index in [4.69, 9.17) is 0 Å². The maximum atomic E-state index is 13.8. The Morgan fingerprint density at radius 1 is 1.00 bits per heavy atom. The molecule has 0 heterocycles. The van der Waals surface area contributed by atoms with Gasteiger partial charge in [-0.2, -0.15) is 0 Å². The summed E-state index contributed by atoms with van der Waals surface area (Å²) in [5.74, 6) is 0.371. The highest BCUT2D eigenvalue weighted by Gasteiger charge is 2.24. The first-order chi connectivity index (χ1) is 10.8. The van der Waals surface area contributed by atoms with Crippen molar-refractivity contribution in [2.24, 2.45) is 0 Å². The molecule has 0 amide bonds. The van der Waals surface area contributed by atoms with Gasteiger partial charge >= 0.3 is 0 Å². The van der Waals surface area contributed by atoms with E-state index in [-0.39, 0.29) is 0 Å². The molecule has 1 heteroatoms. The summed E-state index contributed by atoms with van der Waals surface area (Å²) in [6.45, 7) is 2.21. The van der Waals surface area contributed by atoms with Crippen LogP contribution in [0.2, 0.25) is 0 Å². The lowest BCUT2D eigenvalue weighted by Gasteiger charge is -2.26. The molecule has 0 aliphatic heterocycles. The summed E-state index contributed by atoms with van der Waals surface area (Å²) >= 11 is 0. The van der Waals surface area contributed by atoms with Crippen molar-refractivity contribution in [3.63, 3.8) is 0 Å². The number of hydrogen-bond acceptors (Lipinski definition) is 0. The van der Waals surface area contributed by atoms with Crippen LogP contribution in [0.15, 0.2) is 48.5 Å². The molecule has 22 heavy (non-hydrogen) atoms. The highest BCUT2D eigenvalue weighted by molar-refractivity contribution is 5.68. The van der Waals surface area contributed by atoms with Crippen LogP contribution in [-0.2, 0) is 6.42 Å². The maximum absolute atomic E-state index is 13.8. The third-order valence-electron chi connectivity index (χ3n) is 4.81. The number of aryl methyl sites for hydroxylation is 1. The average Bonchev–Trinajstić information content (AvgIpc) is 2.56. The topological polar surface area (TPSA) is 0 Å². The Kier molecular flexibility index (Phi) is 4.92. The highest BCUT2D eigenvalue weighted by Crippen LogP contribution is 2.39. The highest BCUT2D eigenvalue weighted by atomic mass is 19.1. The lowest BCUT2D eigenvalue weighted by Crippen LogP contribution is -2.15. The first-order valence-electron chi connectivity index (χ1n) is 8.60. The molecule has 0 aromatic heterocycles. The summed E-state index contributed by atoms with van der Waals surface area (Å²) in [7, 11) is 0. The number of rotatable bonds is 4. The van der Waals surface area contributed by atoms with Crippen LogP contribution in [0.4, 0.5) is 4.39 Å². The molecular formula is C21H25F. The van der Waals surface area contributed by atoms with Gasteiger partial charge in [0.1, 0.15) is 6.17 Å². The van der Waals surface area contributed by atoms with E-state index in [1.165, 1.54) is 28.7 Å². The second-order valence-corrected chi connectivity index (χ2v) is 6.49. The smallest absolute Gasteiger partial charge is 0.101 e. The number of hydrogen-bond donors (Lipinski definition) is 0. The first kappa shape index (κ1) is 15.3. The molecule has 1 saturated carbocycles. The molecule has 2 unspecified atom stereocenters. The Morgan fingerprint density at radius 2 is 1.77 bits per heavy atom. The zero-order valence-electron chi connectivity index (χ0n) is 13.4. The van der Waals surface area contributed by atoms with Gasteiger partial charge < -0.3 is 0 Å². The Morgan fingerprint density at radius 3 is 2.50 bits per heavy atom. The van der Waals surface area contributed by atoms with E-state index in [0.717, 1.165) is 25.7 Å². The summed E-state index contributed by atoms with van der Waals surface area (Å²) in [5.41, 5.74) is 5.26. The SMILES string of the molecule is CCCc1ccc(-c2ccccc2C2CCCC(F)C2)cc1. The molecule has 0 radical (unpaired) electrons. The minimum Gasteiger partial charge on any atom is -0.247 e. The van der Waals surface area contributed by atoms with Crippen LogP contribution in [0.25, 0.3) is 11.1 Å². The normalized spacial score (nSPS) is 21.7. The van der Waals surface area contributed by atoms with Crippen molar-refractivity contribution in [1.29, 1.82) is 0 Å². The number of halogens is 1. The van der Waals surface area contributed by atoms with E-state index in [1.807, 2.05) is 0 Å². The molecule has 0 bridgehead atoms. The Labute approximate surface area is 133 Å². The van der Waals surface area contributed by atoms with E-state index in [9.17, 15) is 4.39 Å². The zero-order chi connectivity index (χ0) is 15.4. The molecule has 2 atom stereocenters. The first-order valence-corrected chi connectivity index (χ1v) is 8.60. The van der Waals surface area contributed by atoms with Gasteiger partial charge in [-0.25, -0.2) is 4.39 Å². The van der Waals surface area contributed by atoms with E-state index >= 15 is 0 Å². The molecule has 1 fully saturated rings. The lowest BCUT2D eigenvalue weighted by molar-refractivity contribution is 0.231. The van der Waals surface area contributed by atoms with Crippen molar-refractivity contribution in [1.82, 2.24) is 0 Å². The molecule has 0 spiro atoms. The van der Waals surface area contributed by atoms with Gasteiger partial charge in [0.2, 0.25) is 0 Å². The van der Waals surface area contributed by atoms with Gasteiger partial charge in [0.15, 0.2) is 0 Å². The van der Waals surface area contributed by atoms with Gasteiger partial charge in [0, 0.05) is 0 Å². The fraction of sp³-hybridized carbons (Fsp3) is 0.429. The minimum absolute atomic E-state index is 0.371. The molecular weight excluding hydrogens is 271 g/mol. The molecule has 116 valence electrons. The number of benzene rings is 2. The molecule has 1 aliphatic rings. The predicted molar refractivity (Wildman–Crippen MR) is 92.0 cm³/mol. The van der Waals surface area contributed by atoms with E-state index in [2.05, 4.69) is 55.5 Å². The molecule has 1 aliphatic carbocycles. The van der Waals surface area contributed by atoms with Crippen LogP contribution in [0.3, 0.4) is 0 Å². The Bertz CT molecular complexity index is 600. The Balaban J connectivity index is 1.90. The molecule has 0 nitrogen and oxygen atoms in total. The van der Waals surface area contributed by atoms with Crippen molar-refractivity contribution in [2.75, 3.05) is 0 Å². The van der Waals surface area contributed by atoms with Gasteiger partial charge in [-0.05, 0) is 60.3 Å². The number of alkyl halides is 1. The van der Waals surface area contributed by atoms with E-state index < -0.39 is 6.17 Å². The zero-order valence-corrected chi connectivity index (χ0v) is 13.4. The van der Waals surface area contributed by atoms with Crippen molar-refractivity contribution >= 4 is 0 Å². The van der Waals surface area contributed by atoms with Crippen LogP contribution >= 0.6 is 0 Å². The summed E-state index contributed by atoms with van der Waals surface area (Å²) < 4.78 is 13.8. The minimum atomic E-state index is -0.626. The van der Waals surface area contributed by atoms with Crippen molar-refractivity contribution in [3.05, 3.63) is 59.7 Å². The molecule has 0 N–H and O–H groups in total. The quantitative estimate of drug-likeness (QED) is 0.621. The second-order valence-electron chi connectivity index (χ2n) is 6.49. The van der Waals surface area contributed by atoms with Gasteiger partial charge in [-0.3, -0.25) is 0 Å². The fourth-order valence-corrected chi connectivity index (χ4v) is 3.67. The van der Waals surface area contributed by atoms with Crippen LogP contribution < -0.4 is 0 Å². The van der Waals surface area contributed by atoms with Gasteiger partial charge in [-0.15, -0.1) is 0 Å². The van der Waals surface area contributed by atoms with Crippen LogP contribution in [0.5, 0.6) is 0 Å². The third-order valence-corrected chi connectivity index (χ3v) is 4.81. The van der Waals surface area contributed by atoms with Crippen molar-refractivity contribution in [2.45, 2.75) is 57.5 Å². The Hall–Kier alpha value is -1.63. The van der Waals surface area contributed by atoms with Gasteiger partial charge in [0.05, 0.1) is 0 Å². The summed E-state index contributed by atoms with van der Waals surface area (Å²) in [4.78, 5) is 0. The largest absolute Gasteiger partial charge is 0.247 e. The second kappa shape index (κ2) is 7.09. The summed E-state index contributed by atoms with van der Waals surface area (Å²) in [5, 5.41) is 0. The average molecular weight is 296 g/mol. The van der Waals surface area contributed by atoms with Crippen molar-refractivity contribution < 1.29 is 4.39 Å². The van der Waals surface area contributed by atoms with Crippen molar-refractivity contribution in [3.8, 4) is 11.1 Å².